The van der Waals surface area contributed by atoms with Crippen LogP contribution in [-0.4, -0.2) is 31.3 Å². The van der Waals surface area contributed by atoms with Gasteiger partial charge in [0.15, 0.2) is 0 Å². The molecule has 1 atom stereocenters. The summed E-state index contributed by atoms with van der Waals surface area (Å²) >= 11 is 0. The van der Waals surface area contributed by atoms with E-state index in [1.807, 2.05) is 30.3 Å². The summed E-state index contributed by atoms with van der Waals surface area (Å²) in [6.45, 7) is 9.27. The van der Waals surface area contributed by atoms with E-state index in [1.54, 1.807) is 0 Å². The minimum absolute atomic E-state index is 0.157. The lowest BCUT2D eigenvalue weighted by Gasteiger charge is -2.21. The fourth-order valence-corrected chi connectivity index (χ4v) is 2.66. The van der Waals surface area contributed by atoms with Gasteiger partial charge in [-0.2, -0.15) is 0 Å². The van der Waals surface area contributed by atoms with Gasteiger partial charge in [-0.1, -0.05) is 64.1 Å². The summed E-state index contributed by atoms with van der Waals surface area (Å²) in [5.74, 6) is 1.15. The number of rotatable bonds is 10. The predicted octanol–water partition coefficient (Wildman–Crippen LogP) is 4.56. The quantitative estimate of drug-likeness (QED) is 0.633. The van der Waals surface area contributed by atoms with Gasteiger partial charge in [0.2, 0.25) is 0 Å². The topological polar surface area (TPSA) is 47.6 Å². The molecule has 0 saturated heterocycles. The number of nitrogens with one attached hydrogen (secondary N) is 1. The lowest BCUT2D eigenvalue weighted by molar-refractivity contribution is -0.150. The summed E-state index contributed by atoms with van der Waals surface area (Å²) in [6, 6.07) is 14.4. The Morgan fingerprint density at radius 1 is 1.04 bits per heavy atom. The van der Waals surface area contributed by atoms with Gasteiger partial charge in [-0.3, -0.25) is 4.79 Å². The van der Waals surface area contributed by atoms with Crippen molar-refractivity contribution < 1.29 is 14.3 Å². The molecule has 0 bridgehead atoms. The Hall–Kier alpha value is -2.07. The zero-order valence-corrected chi connectivity index (χ0v) is 16.3. The highest BCUT2D eigenvalue weighted by atomic mass is 16.6. The Bertz CT molecular complexity index is 691. The Labute approximate surface area is 156 Å². The molecule has 142 valence electrons. The average Bonchev–Trinajstić information content (AvgIpc) is 2.62. The molecule has 0 aromatic heterocycles. The molecule has 2 aromatic carbocycles. The van der Waals surface area contributed by atoms with Crippen LogP contribution in [0.2, 0.25) is 0 Å². The van der Waals surface area contributed by atoms with Crippen molar-refractivity contribution in [2.45, 2.75) is 52.7 Å². The number of carbonyl (C=O) groups excluding carboxylic acids is 1. The Morgan fingerprint density at radius 3 is 2.50 bits per heavy atom. The number of hydrogen-bond acceptors (Lipinski definition) is 4. The molecule has 0 heterocycles. The van der Waals surface area contributed by atoms with Crippen LogP contribution in [-0.2, 0) is 9.53 Å². The first-order valence-corrected chi connectivity index (χ1v) is 9.49. The van der Waals surface area contributed by atoms with E-state index >= 15 is 0 Å². The molecule has 0 fully saturated rings. The lowest BCUT2D eigenvalue weighted by atomic mass is 10.1. The molecule has 1 unspecified atom stereocenters. The summed E-state index contributed by atoms with van der Waals surface area (Å²) < 4.78 is 11.7. The molecule has 1 N–H and O–H groups in total. The molecule has 0 spiro atoms. The van der Waals surface area contributed by atoms with Gasteiger partial charge in [-0.05, 0) is 23.8 Å². The number of benzene rings is 2. The first-order chi connectivity index (χ1) is 12.5. The van der Waals surface area contributed by atoms with Crippen LogP contribution >= 0.6 is 0 Å². The summed E-state index contributed by atoms with van der Waals surface area (Å²) in [4.78, 5) is 12.1. The molecular weight excluding hydrogens is 326 g/mol. The number of ether oxygens (including phenoxy) is 2. The summed E-state index contributed by atoms with van der Waals surface area (Å²) in [5, 5.41) is 5.53. The second-order valence-electron chi connectivity index (χ2n) is 7.40. The van der Waals surface area contributed by atoms with Gasteiger partial charge in [0.05, 0.1) is 0 Å². The monoisotopic (exact) mass is 357 g/mol. The summed E-state index contributed by atoms with van der Waals surface area (Å²) in [7, 11) is 0. The first-order valence-electron chi connectivity index (χ1n) is 9.49. The molecule has 0 saturated carbocycles. The second-order valence-corrected chi connectivity index (χ2v) is 7.40. The third kappa shape index (κ3) is 6.68. The van der Waals surface area contributed by atoms with Crippen LogP contribution in [0.3, 0.4) is 0 Å². The van der Waals surface area contributed by atoms with Crippen LogP contribution in [0.15, 0.2) is 42.5 Å². The highest BCUT2D eigenvalue weighted by molar-refractivity contribution is 5.88. The molecule has 0 radical (unpaired) electrons. The largest absolute Gasteiger partial charge is 0.489 e. The summed E-state index contributed by atoms with van der Waals surface area (Å²) in [6.07, 6.45) is 0.980. The van der Waals surface area contributed by atoms with Gasteiger partial charge in [0.1, 0.15) is 18.5 Å². The van der Waals surface area contributed by atoms with E-state index in [-0.39, 0.29) is 12.1 Å². The van der Waals surface area contributed by atoms with Crippen LogP contribution in [0.1, 0.15) is 40.5 Å². The van der Waals surface area contributed by atoms with Crippen molar-refractivity contribution in [3.05, 3.63) is 42.5 Å². The number of hydrogen-bond donors (Lipinski definition) is 1. The van der Waals surface area contributed by atoms with Crippen molar-refractivity contribution >= 4 is 16.7 Å². The normalized spacial score (nSPS) is 12.5. The summed E-state index contributed by atoms with van der Waals surface area (Å²) in [5.41, 5.74) is 0. The van der Waals surface area contributed by atoms with E-state index < -0.39 is 0 Å². The highest BCUT2D eigenvalue weighted by Crippen LogP contribution is 2.25. The Kier molecular flexibility index (Phi) is 7.92. The Balaban J connectivity index is 1.99. The van der Waals surface area contributed by atoms with Gasteiger partial charge in [0.25, 0.3) is 0 Å². The molecule has 26 heavy (non-hydrogen) atoms. The maximum atomic E-state index is 12.1. The minimum Gasteiger partial charge on any atom is -0.489 e. The standard InChI is InChI=1S/C22H31NO3/c1-16(2)12-13-22(24)26-19(14-23-17(3)4)15-25-21-11-7-9-18-8-5-6-10-20(18)21/h5-11,16-17,19,23H,12-15H2,1-4H3. The van der Waals surface area contributed by atoms with Crippen LogP contribution in [0.4, 0.5) is 0 Å². The number of esters is 1. The first kappa shape index (κ1) is 20.2. The van der Waals surface area contributed by atoms with Crippen molar-refractivity contribution in [3.63, 3.8) is 0 Å². The van der Waals surface area contributed by atoms with Crippen LogP contribution < -0.4 is 10.1 Å². The highest BCUT2D eigenvalue weighted by Gasteiger charge is 2.17. The Morgan fingerprint density at radius 2 is 1.77 bits per heavy atom. The molecule has 2 rings (SSSR count). The second kappa shape index (κ2) is 10.2. The molecule has 4 heteroatoms. The molecule has 2 aromatic rings. The van der Waals surface area contributed by atoms with Crippen molar-refractivity contribution in [2.75, 3.05) is 13.2 Å². The van der Waals surface area contributed by atoms with Gasteiger partial charge in [-0.15, -0.1) is 0 Å². The molecule has 0 aliphatic carbocycles. The van der Waals surface area contributed by atoms with Crippen molar-refractivity contribution in [3.8, 4) is 5.75 Å². The number of fused-ring (bicyclic) bond motifs is 1. The fraction of sp³-hybridized carbons (Fsp3) is 0.500. The smallest absolute Gasteiger partial charge is 0.306 e. The molecule has 0 aliphatic rings. The van der Waals surface area contributed by atoms with E-state index in [2.05, 4.69) is 45.1 Å². The van der Waals surface area contributed by atoms with Gasteiger partial charge in [0, 0.05) is 24.4 Å². The predicted molar refractivity (Wildman–Crippen MR) is 107 cm³/mol. The maximum absolute atomic E-state index is 12.1. The zero-order chi connectivity index (χ0) is 18.9. The van der Waals surface area contributed by atoms with E-state index in [9.17, 15) is 4.79 Å². The fourth-order valence-electron chi connectivity index (χ4n) is 2.66. The zero-order valence-electron chi connectivity index (χ0n) is 16.3. The van der Waals surface area contributed by atoms with Gasteiger partial charge >= 0.3 is 5.97 Å². The van der Waals surface area contributed by atoms with Crippen LogP contribution in [0, 0.1) is 5.92 Å². The third-order valence-corrected chi connectivity index (χ3v) is 4.15. The SMILES string of the molecule is CC(C)CCC(=O)OC(CNC(C)C)COc1cccc2ccccc12. The lowest BCUT2D eigenvalue weighted by Crippen LogP contribution is -2.38. The molecule has 0 amide bonds. The van der Waals surface area contributed by atoms with Gasteiger partial charge in [-0.25, -0.2) is 0 Å². The van der Waals surface area contributed by atoms with E-state index in [4.69, 9.17) is 9.47 Å². The van der Waals surface area contributed by atoms with Crippen molar-refractivity contribution in [1.29, 1.82) is 0 Å². The number of carbonyl (C=O) groups is 1. The maximum Gasteiger partial charge on any atom is 0.306 e. The molecular formula is C22H31NO3. The van der Waals surface area contributed by atoms with E-state index in [0.29, 0.717) is 31.5 Å². The third-order valence-electron chi connectivity index (χ3n) is 4.15. The minimum atomic E-state index is -0.309. The van der Waals surface area contributed by atoms with Crippen LogP contribution in [0.5, 0.6) is 5.75 Å². The van der Waals surface area contributed by atoms with E-state index in [0.717, 1.165) is 22.9 Å². The van der Waals surface area contributed by atoms with Crippen molar-refractivity contribution in [2.24, 2.45) is 5.92 Å². The van der Waals surface area contributed by atoms with E-state index in [1.165, 1.54) is 0 Å². The van der Waals surface area contributed by atoms with Crippen molar-refractivity contribution in [1.82, 2.24) is 5.32 Å². The molecule has 0 aliphatic heterocycles. The molecule has 4 nitrogen and oxygen atoms in total. The van der Waals surface area contributed by atoms with Gasteiger partial charge < -0.3 is 14.8 Å². The average molecular weight is 357 g/mol. The van der Waals surface area contributed by atoms with Crippen LogP contribution in [0.25, 0.3) is 10.8 Å².